The summed E-state index contributed by atoms with van der Waals surface area (Å²) in [5, 5.41) is 16.0. The molecule has 2 nitrogen and oxygen atoms in total. The average Bonchev–Trinajstić information content (AvgIpc) is 2.53. The Kier molecular flexibility index (Phi) is 40.6. The second-order valence-electron chi connectivity index (χ2n) is 11.6. The van der Waals surface area contributed by atoms with Crippen molar-refractivity contribution in [3.63, 3.8) is 0 Å². The van der Waals surface area contributed by atoms with Crippen LogP contribution in [0.3, 0.4) is 0 Å². The van der Waals surface area contributed by atoms with Crippen LogP contribution in [0.4, 0.5) is 0 Å². The van der Waals surface area contributed by atoms with Gasteiger partial charge in [-0.2, -0.15) is 0 Å². The summed E-state index contributed by atoms with van der Waals surface area (Å²) in [4.78, 5) is 10.2. The predicted molar refractivity (Wildman–Crippen MR) is 150 cm³/mol. The number of carbonyl (C=O) groups is 1. The number of hydrogen-bond donors (Lipinski definition) is 1. The standard InChI is InChI=1S/C10H20O2.3C4H9.2C2H5.2Al.ClH.Nd.H/c1-10(2,3)8-6-4-5-7-9(11)12;3*1-4(2)3;2*1-2;;;;;/h4-8H2,1-3H3,(H,11,12);3*4H,1H2,2-3H3;2*1H2,2H3;;;1H;;. The van der Waals surface area contributed by atoms with E-state index in [2.05, 4.69) is 76.2 Å². The second-order valence-corrected chi connectivity index (χ2v) is 17.5. The van der Waals surface area contributed by atoms with Crippen molar-refractivity contribution in [2.75, 3.05) is 0 Å². The molecule has 0 saturated carbocycles. The first-order chi connectivity index (χ1) is 13.7. The molecule has 0 saturated heterocycles. The Balaban J connectivity index is -0.000000120. The van der Waals surface area contributed by atoms with Crippen molar-refractivity contribution >= 4 is 47.7 Å². The summed E-state index contributed by atoms with van der Waals surface area (Å²) in [7, 11) is 0. The Morgan fingerprint density at radius 2 is 1.19 bits per heavy atom. The van der Waals surface area contributed by atoms with Gasteiger partial charge in [-0.3, -0.25) is 4.79 Å². The van der Waals surface area contributed by atoms with E-state index in [0.29, 0.717) is 27.1 Å². The van der Waals surface area contributed by atoms with Crippen LogP contribution in [0.25, 0.3) is 0 Å². The van der Waals surface area contributed by atoms with Crippen molar-refractivity contribution in [1.29, 1.82) is 0 Å². The summed E-state index contributed by atoms with van der Waals surface area (Å²) in [5.74, 6) is 2.10. The fourth-order valence-corrected chi connectivity index (χ4v) is 9.04. The van der Waals surface area contributed by atoms with Gasteiger partial charge in [0.25, 0.3) is 14.1 Å². The van der Waals surface area contributed by atoms with Crippen LogP contribution in [-0.4, -0.2) is 40.4 Å². The minimum atomic E-state index is -0.675. The Labute approximate surface area is 253 Å². The van der Waals surface area contributed by atoms with Crippen LogP contribution in [0.2, 0.25) is 26.4 Å². The van der Waals surface area contributed by atoms with Crippen molar-refractivity contribution < 1.29 is 50.7 Å². The first-order valence-electron chi connectivity index (χ1n) is 13.0. The molecule has 0 heterocycles. The Hall–Kier alpha value is 2.18. The molecule has 0 unspecified atom stereocenters. The van der Waals surface area contributed by atoms with Crippen LogP contribution in [0.5, 0.6) is 0 Å². The van der Waals surface area contributed by atoms with Gasteiger partial charge in [-0.05, 0) is 18.3 Å². The van der Waals surface area contributed by atoms with Gasteiger partial charge in [-0.15, -0.1) is 23.0 Å². The van der Waals surface area contributed by atoms with Crippen molar-refractivity contribution in [2.24, 2.45) is 23.2 Å². The van der Waals surface area contributed by atoms with Crippen molar-refractivity contribution in [1.82, 2.24) is 0 Å². The number of carboxylic acid groups (broad SMARTS) is 1. The molecule has 32 heavy (non-hydrogen) atoms. The van der Waals surface area contributed by atoms with Crippen LogP contribution in [0, 0.1) is 64.0 Å². The molecule has 0 spiro atoms. The van der Waals surface area contributed by atoms with Crippen molar-refractivity contribution in [3.8, 4) is 0 Å². The zero-order valence-electron chi connectivity index (χ0n) is 23.9. The quantitative estimate of drug-likeness (QED) is 0.162. The van der Waals surface area contributed by atoms with Gasteiger partial charge in [-0.1, -0.05) is 123 Å². The third-order valence-electron chi connectivity index (χ3n) is 4.94. The van der Waals surface area contributed by atoms with Crippen LogP contribution in [-0.2, 0) is 4.79 Å². The first-order valence-corrected chi connectivity index (χ1v) is 17.4. The van der Waals surface area contributed by atoms with E-state index in [1.165, 1.54) is 17.0 Å². The summed E-state index contributed by atoms with van der Waals surface area (Å²) < 4.78 is 0. The van der Waals surface area contributed by atoms with Gasteiger partial charge in [0.2, 0.25) is 15.2 Å². The molecule has 1 N–H and O–H groups in total. The van der Waals surface area contributed by atoms with Gasteiger partial charge in [-0.25, -0.2) is 0 Å². The van der Waals surface area contributed by atoms with Crippen LogP contribution in [0.15, 0.2) is 0 Å². The van der Waals surface area contributed by atoms with Crippen LogP contribution >= 0.6 is 12.4 Å². The largest absolute Gasteiger partial charge is 0.481 e. The summed E-state index contributed by atoms with van der Waals surface area (Å²) >= 11 is 0.0247. The summed E-state index contributed by atoms with van der Waals surface area (Å²) in [6, 6.07) is 0. The number of carboxylic acids is 1. The molecule has 0 aromatic carbocycles. The average molecular weight is 637 g/mol. The molecule has 0 aliphatic rings. The monoisotopic (exact) mass is 634 g/mol. The minimum Gasteiger partial charge on any atom is -0.481 e. The van der Waals surface area contributed by atoms with E-state index in [-0.39, 0.29) is 53.2 Å². The maximum Gasteiger partial charge on any atom is 0.303 e. The van der Waals surface area contributed by atoms with E-state index in [9.17, 15) is 4.79 Å². The van der Waals surface area contributed by atoms with Gasteiger partial charge < -0.3 is 5.11 Å². The fraction of sp³-hybridized carbons (Fsp3) is 0.962. The number of aliphatic carboxylic acids is 1. The maximum atomic E-state index is 10.2. The molecule has 0 aromatic rings. The van der Waals surface area contributed by atoms with Crippen molar-refractivity contribution in [2.45, 2.75) is 135 Å². The number of halogens is 1. The number of rotatable bonds is 13. The van der Waals surface area contributed by atoms with Gasteiger partial charge in [0.1, 0.15) is 0 Å². The SMILES string of the molecule is CC(C)(C)CCCCCC(=O)O.CC(C)[CH2][Al]([CH2]C(C)C)[CH2]C(C)C.C[CH2][AlH][CH2]C.Cl.[Nd]. The molecule has 0 bridgehead atoms. The smallest absolute Gasteiger partial charge is 0.303 e. The predicted octanol–water partition coefficient (Wildman–Crippen LogP) is 9.24. The first kappa shape index (κ1) is 44.2. The molecule has 0 rings (SSSR count). The van der Waals surface area contributed by atoms with Gasteiger partial charge in [0, 0.05) is 47.3 Å². The normalized spacial score (nSPS) is 10.3. The van der Waals surface area contributed by atoms with Gasteiger partial charge in [0.05, 0.1) is 0 Å². The Morgan fingerprint density at radius 3 is 1.41 bits per heavy atom. The maximum absolute atomic E-state index is 10.2. The third-order valence-corrected chi connectivity index (χ3v) is 11.2. The zero-order chi connectivity index (χ0) is 24.2. The molecular weight excluding hydrogens is 578 g/mol. The molecule has 0 aliphatic heterocycles. The summed E-state index contributed by atoms with van der Waals surface area (Å²) in [6.07, 6.45) is 4.53. The molecule has 192 valence electrons. The zero-order valence-corrected chi connectivity index (χ0v) is 30.4. The molecule has 0 fully saturated rings. The van der Waals surface area contributed by atoms with E-state index in [1.54, 1.807) is 15.8 Å². The summed E-state index contributed by atoms with van der Waals surface area (Å²) in [6.45, 7) is 25.4. The molecular formula is C26H59Al2ClNdO2. The molecule has 0 aliphatic carbocycles. The van der Waals surface area contributed by atoms with Gasteiger partial charge >= 0.3 is 5.97 Å². The van der Waals surface area contributed by atoms with E-state index < -0.39 is 20.1 Å². The second kappa shape index (κ2) is 29.4. The van der Waals surface area contributed by atoms with Crippen LogP contribution < -0.4 is 0 Å². The third kappa shape index (κ3) is 49.3. The Morgan fingerprint density at radius 1 is 0.812 bits per heavy atom. The fourth-order valence-electron chi connectivity index (χ4n) is 3.75. The van der Waals surface area contributed by atoms with Crippen LogP contribution in [0.1, 0.15) is 108 Å². The van der Waals surface area contributed by atoms with Crippen molar-refractivity contribution in [3.05, 3.63) is 0 Å². The number of hydrogen-bond acceptors (Lipinski definition) is 1. The van der Waals surface area contributed by atoms with Gasteiger partial charge in [0.15, 0.2) is 0 Å². The molecule has 0 radical (unpaired) electrons. The van der Waals surface area contributed by atoms with E-state index in [1.807, 2.05) is 0 Å². The molecule has 0 atom stereocenters. The Bertz CT molecular complexity index is 348. The molecule has 0 amide bonds. The topological polar surface area (TPSA) is 37.3 Å². The minimum absolute atomic E-state index is 0. The van der Waals surface area contributed by atoms with E-state index in [4.69, 9.17) is 5.11 Å². The molecule has 0 aromatic heterocycles. The van der Waals surface area contributed by atoms with E-state index in [0.717, 1.165) is 37.0 Å². The number of unbranched alkanes of at least 4 members (excludes halogenated alkanes) is 2. The molecule has 6 heteroatoms. The van der Waals surface area contributed by atoms with E-state index >= 15 is 0 Å². The summed E-state index contributed by atoms with van der Waals surface area (Å²) in [5.41, 5.74) is 0.392.